The Morgan fingerprint density at radius 2 is 1.96 bits per heavy atom. The highest BCUT2D eigenvalue weighted by Crippen LogP contribution is 2.35. The average molecular weight is 343 g/mol. The van der Waals surface area contributed by atoms with Crippen molar-refractivity contribution in [2.75, 3.05) is 18.9 Å². The molecule has 2 atom stereocenters. The van der Waals surface area contributed by atoms with Gasteiger partial charge in [-0.15, -0.1) is 10.2 Å². The average Bonchev–Trinajstić information content (AvgIpc) is 3.17. The van der Waals surface area contributed by atoms with Gasteiger partial charge in [-0.25, -0.2) is 8.42 Å². The van der Waals surface area contributed by atoms with Crippen LogP contribution in [0.15, 0.2) is 4.42 Å². The zero-order valence-electron chi connectivity index (χ0n) is 13.8. The number of hydrogen-bond donors (Lipinski definition) is 0. The van der Waals surface area contributed by atoms with Crippen molar-refractivity contribution in [3.05, 3.63) is 11.8 Å². The van der Waals surface area contributed by atoms with Crippen molar-refractivity contribution in [3.63, 3.8) is 0 Å². The minimum atomic E-state index is -3.32. The van der Waals surface area contributed by atoms with E-state index in [1.165, 1.54) is 0 Å². The van der Waals surface area contributed by atoms with E-state index in [0.717, 1.165) is 32.1 Å². The second-order valence-electron chi connectivity index (χ2n) is 6.77. The molecule has 2 saturated heterocycles. The number of aromatic nitrogens is 2. The molecular weight excluding hydrogens is 318 g/mol. The standard InChI is InChI=1S/C15H25N3O4S/c1-11(2)10-23(19,20)18-8-4-3-6-12(18)14-16-17-15(22-14)13-7-5-9-21-13/h11-13H,3-10H2,1-2H3/t12-,13+/m0/s1. The number of rotatable bonds is 5. The third-order valence-electron chi connectivity index (χ3n) is 4.30. The molecule has 0 amide bonds. The molecule has 1 aromatic heterocycles. The molecule has 0 unspecified atom stereocenters. The fourth-order valence-corrected chi connectivity index (χ4v) is 5.31. The Bertz CT molecular complexity index is 622. The van der Waals surface area contributed by atoms with E-state index in [9.17, 15) is 8.42 Å². The molecule has 0 bridgehead atoms. The Labute approximate surface area is 137 Å². The molecule has 8 heteroatoms. The molecule has 7 nitrogen and oxygen atoms in total. The van der Waals surface area contributed by atoms with Gasteiger partial charge in [-0.3, -0.25) is 0 Å². The number of hydrogen-bond acceptors (Lipinski definition) is 6. The second-order valence-corrected chi connectivity index (χ2v) is 8.74. The fourth-order valence-electron chi connectivity index (χ4n) is 3.29. The maximum atomic E-state index is 12.7. The van der Waals surface area contributed by atoms with Crippen LogP contribution in [0.2, 0.25) is 0 Å². The first-order valence-corrected chi connectivity index (χ1v) is 10.0. The van der Waals surface area contributed by atoms with Gasteiger partial charge in [-0.1, -0.05) is 20.3 Å². The number of ether oxygens (including phenoxy) is 1. The highest BCUT2D eigenvalue weighted by Gasteiger charge is 2.37. The van der Waals surface area contributed by atoms with E-state index in [2.05, 4.69) is 10.2 Å². The third kappa shape index (κ3) is 3.75. The van der Waals surface area contributed by atoms with E-state index in [1.807, 2.05) is 13.8 Å². The van der Waals surface area contributed by atoms with E-state index in [0.29, 0.717) is 24.9 Å². The third-order valence-corrected chi connectivity index (χ3v) is 6.54. The van der Waals surface area contributed by atoms with Crippen LogP contribution >= 0.6 is 0 Å². The molecule has 2 fully saturated rings. The van der Waals surface area contributed by atoms with Crippen LogP contribution < -0.4 is 0 Å². The molecule has 0 radical (unpaired) electrons. The molecule has 0 spiro atoms. The first-order chi connectivity index (χ1) is 11.0. The lowest BCUT2D eigenvalue weighted by Gasteiger charge is -2.32. The second kappa shape index (κ2) is 6.86. The van der Waals surface area contributed by atoms with Crippen molar-refractivity contribution in [3.8, 4) is 0 Å². The molecule has 0 saturated carbocycles. The normalized spacial score (nSPS) is 26.9. The van der Waals surface area contributed by atoms with Gasteiger partial charge in [0.2, 0.25) is 21.8 Å². The minimum Gasteiger partial charge on any atom is -0.421 e. The van der Waals surface area contributed by atoms with Crippen molar-refractivity contribution < 1.29 is 17.6 Å². The monoisotopic (exact) mass is 343 g/mol. The van der Waals surface area contributed by atoms with Crippen LogP contribution in [0.1, 0.15) is 69.9 Å². The zero-order valence-corrected chi connectivity index (χ0v) is 14.6. The molecule has 0 aromatic carbocycles. The van der Waals surface area contributed by atoms with Crippen LogP contribution in [-0.2, 0) is 14.8 Å². The predicted molar refractivity (Wildman–Crippen MR) is 84.1 cm³/mol. The van der Waals surface area contributed by atoms with Crippen molar-refractivity contribution in [2.24, 2.45) is 5.92 Å². The minimum absolute atomic E-state index is 0.0905. The quantitative estimate of drug-likeness (QED) is 0.816. The molecule has 2 aliphatic heterocycles. The van der Waals surface area contributed by atoms with Crippen molar-refractivity contribution in [1.82, 2.24) is 14.5 Å². The predicted octanol–water partition coefficient (Wildman–Crippen LogP) is 2.43. The SMILES string of the molecule is CC(C)CS(=O)(=O)N1CCCC[C@H]1c1nnc([C@H]2CCCO2)o1. The van der Waals surface area contributed by atoms with E-state index >= 15 is 0 Å². The molecular formula is C15H25N3O4S. The Kier molecular flexibility index (Phi) is 5.03. The zero-order chi connectivity index (χ0) is 16.4. The molecule has 2 aliphatic rings. The van der Waals surface area contributed by atoms with Gasteiger partial charge in [0.15, 0.2) is 0 Å². The van der Waals surface area contributed by atoms with Crippen LogP contribution in [-0.4, -0.2) is 41.8 Å². The number of nitrogens with zero attached hydrogens (tertiary/aromatic N) is 3. The smallest absolute Gasteiger partial charge is 0.245 e. The maximum Gasteiger partial charge on any atom is 0.245 e. The summed E-state index contributed by atoms with van der Waals surface area (Å²) in [5.41, 5.74) is 0. The Hall–Kier alpha value is -0.990. The van der Waals surface area contributed by atoms with Gasteiger partial charge < -0.3 is 9.15 Å². The lowest BCUT2D eigenvalue weighted by Crippen LogP contribution is -2.40. The van der Waals surface area contributed by atoms with Gasteiger partial charge in [-0.05, 0) is 31.6 Å². The molecule has 0 N–H and O–H groups in total. The molecule has 130 valence electrons. The van der Waals surface area contributed by atoms with Gasteiger partial charge in [0, 0.05) is 13.2 Å². The van der Waals surface area contributed by atoms with Crippen LogP contribution in [0.3, 0.4) is 0 Å². The van der Waals surface area contributed by atoms with Crippen molar-refractivity contribution in [1.29, 1.82) is 0 Å². The lowest BCUT2D eigenvalue weighted by atomic mass is 10.1. The van der Waals surface area contributed by atoms with E-state index in [-0.39, 0.29) is 23.8 Å². The molecule has 1 aromatic rings. The highest BCUT2D eigenvalue weighted by atomic mass is 32.2. The van der Waals surface area contributed by atoms with Gasteiger partial charge in [-0.2, -0.15) is 4.31 Å². The summed E-state index contributed by atoms with van der Waals surface area (Å²) in [6, 6.07) is -0.338. The molecule has 0 aliphatic carbocycles. The van der Waals surface area contributed by atoms with Gasteiger partial charge in [0.25, 0.3) is 0 Å². The van der Waals surface area contributed by atoms with Gasteiger partial charge >= 0.3 is 0 Å². The van der Waals surface area contributed by atoms with Crippen LogP contribution in [0.25, 0.3) is 0 Å². The molecule has 3 heterocycles. The first kappa shape index (κ1) is 16.9. The van der Waals surface area contributed by atoms with E-state index in [1.54, 1.807) is 4.31 Å². The Morgan fingerprint density at radius 3 is 2.65 bits per heavy atom. The van der Waals surface area contributed by atoms with Crippen LogP contribution in [0.5, 0.6) is 0 Å². The van der Waals surface area contributed by atoms with Gasteiger partial charge in [0.1, 0.15) is 12.1 Å². The first-order valence-electron chi connectivity index (χ1n) is 8.42. The summed E-state index contributed by atoms with van der Waals surface area (Å²) < 4.78 is 38.2. The topological polar surface area (TPSA) is 85.5 Å². The highest BCUT2D eigenvalue weighted by molar-refractivity contribution is 7.89. The number of sulfonamides is 1. The van der Waals surface area contributed by atoms with E-state index < -0.39 is 10.0 Å². The van der Waals surface area contributed by atoms with Crippen molar-refractivity contribution in [2.45, 2.75) is 58.1 Å². The van der Waals surface area contributed by atoms with Crippen LogP contribution in [0.4, 0.5) is 0 Å². The summed E-state index contributed by atoms with van der Waals surface area (Å²) in [5, 5.41) is 8.21. The van der Waals surface area contributed by atoms with E-state index in [4.69, 9.17) is 9.15 Å². The largest absolute Gasteiger partial charge is 0.421 e. The Morgan fingerprint density at radius 1 is 1.17 bits per heavy atom. The maximum absolute atomic E-state index is 12.7. The summed E-state index contributed by atoms with van der Waals surface area (Å²) in [4.78, 5) is 0. The molecule has 23 heavy (non-hydrogen) atoms. The van der Waals surface area contributed by atoms with Crippen LogP contribution in [0, 0.1) is 5.92 Å². The summed E-state index contributed by atoms with van der Waals surface area (Å²) in [6.07, 6.45) is 4.30. The number of piperidine rings is 1. The fraction of sp³-hybridized carbons (Fsp3) is 0.867. The Balaban J connectivity index is 1.81. The van der Waals surface area contributed by atoms with Crippen molar-refractivity contribution >= 4 is 10.0 Å². The summed E-state index contributed by atoms with van der Waals surface area (Å²) in [6.45, 7) is 5.07. The summed E-state index contributed by atoms with van der Waals surface area (Å²) >= 11 is 0. The molecule has 3 rings (SSSR count). The van der Waals surface area contributed by atoms with Gasteiger partial charge in [0.05, 0.1) is 5.75 Å². The lowest BCUT2D eigenvalue weighted by molar-refractivity contribution is 0.0858. The summed E-state index contributed by atoms with van der Waals surface area (Å²) in [7, 11) is -3.32. The summed E-state index contributed by atoms with van der Waals surface area (Å²) in [5.74, 6) is 1.12.